The van der Waals surface area contributed by atoms with E-state index in [4.69, 9.17) is 11.6 Å². The fourth-order valence-electron chi connectivity index (χ4n) is 2.36. The van der Waals surface area contributed by atoms with Crippen LogP contribution in [0, 0.1) is 6.92 Å². The van der Waals surface area contributed by atoms with Gasteiger partial charge in [0.2, 0.25) is 0 Å². The predicted molar refractivity (Wildman–Crippen MR) is 82.9 cm³/mol. The van der Waals surface area contributed by atoms with Gasteiger partial charge in [-0.15, -0.1) is 11.3 Å². The minimum Gasteiger partial charge on any atom is -0.346 e. The highest BCUT2D eigenvalue weighted by Crippen LogP contribution is 2.24. The van der Waals surface area contributed by atoms with Crippen molar-refractivity contribution in [2.24, 2.45) is 0 Å². The third-order valence-electron chi connectivity index (χ3n) is 3.43. The first-order valence-corrected chi connectivity index (χ1v) is 7.57. The lowest BCUT2D eigenvalue weighted by atomic mass is 10.2. The van der Waals surface area contributed by atoms with E-state index in [9.17, 15) is 4.79 Å². The van der Waals surface area contributed by atoms with Crippen LogP contribution in [0.3, 0.4) is 0 Å². The number of carbonyl (C=O) groups excluding carboxylic acids is 1. The maximum atomic E-state index is 11.2. The van der Waals surface area contributed by atoms with Crippen molar-refractivity contribution in [2.45, 2.75) is 19.9 Å². The molecule has 102 valence electrons. The summed E-state index contributed by atoms with van der Waals surface area (Å²) in [4.78, 5) is 16.7. The van der Waals surface area contributed by atoms with Crippen LogP contribution < -0.4 is 0 Å². The van der Waals surface area contributed by atoms with Gasteiger partial charge in [-0.3, -0.25) is 4.79 Å². The van der Waals surface area contributed by atoms with Crippen LogP contribution in [-0.2, 0) is 13.0 Å². The molecule has 0 saturated heterocycles. The molecular formula is C15H13ClN2OS. The zero-order valence-corrected chi connectivity index (χ0v) is 12.5. The molecule has 0 N–H and O–H groups in total. The molecule has 0 fully saturated rings. The second-order valence-electron chi connectivity index (χ2n) is 4.67. The summed E-state index contributed by atoms with van der Waals surface area (Å²) in [5.41, 5.74) is 4.66. The Bertz CT molecular complexity index is 775. The first kappa shape index (κ1) is 13.3. The van der Waals surface area contributed by atoms with E-state index in [0.717, 1.165) is 35.8 Å². The van der Waals surface area contributed by atoms with Gasteiger partial charge in [0, 0.05) is 40.0 Å². The van der Waals surface area contributed by atoms with Crippen molar-refractivity contribution in [3.05, 3.63) is 51.1 Å². The fraction of sp³-hybridized carbons (Fsp3) is 0.200. The van der Waals surface area contributed by atoms with E-state index in [0.29, 0.717) is 10.6 Å². The van der Waals surface area contributed by atoms with Crippen LogP contribution in [0.25, 0.3) is 10.9 Å². The molecule has 0 amide bonds. The number of aromatic nitrogens is 2. The average Bonchev–Trinajstić information content (AvgIpc) is 3.00. The number of aldehydes is 1. The van der Waals surface area contributed by atoms with Gasteiger partial charge in [0.15, 0.2) is 6.29 Å². The zero-order valence-electron chi connectivity index (χ0n) is 11.0. The predicted octanol–water partition coefficient (Wildman–Crippen LogP) is 4.11. The molecule has 3 nitrogen and oxygen atoms in total. The quantitative estimate of drug-likeness (QED) is 0.680. The van der Waals surface area contributed by atoms with Crippen molar-refractivity contribution in [2.75, 3.05) is 0 Å². The van der Waals surface area contributed by atoms with Gasteiger partial charge in [-0.1, -0.05) is 17.7 Å². The number of hydrogen-bond acceptors (Lipinski definition) is 3. The van der Waals surface area contributed by atoms with E-state index >= 15 is 0 Å². The lowest BCUT2D eigenvalue weighted by Crippen LogP contribution is -1.99. The van der Waals surface area contributed by atoms with Crippen molar-refractivity contribution in [1.29, 1.82) is 0 Å². The van der Waals surface area contributed by atoms with Gasteiger partial charge in [-0.2, -0.15) is 0 Å². The number of hydrogen-bond donors (Lipinski definition) is 0. The molecule has 3 rings (SSSR count). The maximum absolute atomic E-state index is 11.2. The smallest absolute Gasteiger partial charge is 0.152 e. The first-order chi connectivity index (χ1) is 9.69. The number of aryl methyl sites for hydroxylation is 3. The number of rotatable bonds is 4. The van der Waals surface area contributed by atoms with Crippen LogP contribution in [0.5, 0.6) is 0 Å². The molecule has 0 bridgehead atoms. The Hall–Kier alpha value is -1.65. The van der Waals surface area contributed by atoms with Gasteiger partial charge >= 0.3 is 0 Å². The monoisotopic (exact) mass is 304 g/mol. The molecule has 0 saturated carbocycles. The highest BCUT2D eigenvalue weighted by molar-refractivity contribution is 7.09. The Balaban J connectivity index is 1.96. The third kappa shape index (κ3) is 2.37. The molecule has 0 aliphatic rings. The molecule has 20 heavy (non-hydrogen) atoms. The standard InChI is InChI=1S/C15H13ClN2OS/c1-10-15(20-9-17-10)4-5-18-7-11(8-19)13-3-2-12(16)6-14(13)18/h2-3,6-9H,4-5H2,1H3. The SMILES string of the molecule is Cc1ncsc1CCn1cc(C=O)c2ccc(Cl)cc21. The third-order valence-corrected chi connectivity index (χ3v) is 4.66. The second kappa shape index (κ2) is 5.38. The molecule has 1 aromatic carbocycles. The number of fused-ring (bicyclic) bond motifs is 1. The summed E-state index contributed by atoms with van der Waals surface area (Å²) >= 11 is 7.73. The van der Waals surface area contributed by atoms with Gasteiger partial charge < -0.3 is 4.57 Å². The lowest BCUT2D eigenvalue weighted by Gasteiger charge is -2.05. The van der Waals surface area contributed by atoms with E-state index in [1.807, 2.05) is 36.8 Å². The van der Waals surface area contributed by atoms with Crippen molar-refractivity contribution in [3.8, 4) is 0 Å². The van der Waals surface area contributed by atoms with E-state index in [2.05, 4.69) is 9.55 Å². The summed E-state index contributed by atoms with van der Waals surface area (Å²) in [6.07, 6.45) is 3.69. The van der Waals surface area contributed by atoms with E-state index in [1.165, 1.54) is 4.88 Å². The summed E-state index contributed by atoms with van der Waals surface area (Å²) < 4.78 is 2.09. The maximum Gasteiger partial charge on any atom is 0.152 e. The van der Waals surface area contributed by atoms with Gasteiger partial charge in [0.25, 0.3) is 0 Å². The molecule has 2 aromatic heterocycles. The minimum atomic E-state index is 0.684. The lowest BCUT2D eigenvalue weighted by molar-refractivity contribution is 0.112. The van der Waals surface area contributed by atoms with Gasteiger partial charge in [-0.05, 0) is 19.1 Å². The van der Waals surface area contributed by atoms with Gasteiger partial charge in [0.05, 0.1) is 16.7 Å². The summed E-state index contributed by atoms with van der Waals surface area (Å²) in [6.45, 7) is 2.83. The molecule has 3 aromatic rings. The van der Waals surface area contributed by atoms with Crippen LogP contribution in [-0.4, -0.2) is 15.8 Å². The average molecular weight is 305 g/mol. The zero-order chi connectivity index (χ0) is 14.1. The molecule has 0 radical (unpaired) electrons. The topological polar surface area (TPSA) is 34.9 Å². The molecule has 2 heterocycles. The summed E-state index contributed by atoms with van der Waals surface area (Å²) in [5.74, 6) is 0. The highest BCUT2D eigenvalue weighted by Gasteiger charge is 2.09. The highest BCUT2D eigenvalue weighted by atomic mass is 35.5. The first-order valence-electron chi connectivity index (χ1n) is 6.31. The Morgan fingerprint density at radius 2 is 2.30 bits per heavy atom. The van der Waals surface area contributed by atoms with Crippen LogP contribution in [0.2, 0.25) is 5.02 Å². The Morgan fingerprint density at radius 3 is 3.00 bits per heavy atom. The van der Waals surface area contributed by atoms with Crippen LogP contribution in [0.15, 0.2) is 29.9 Å². The summed E-state index contributed by atoms with van der Waals surface area (Å²) in [6, 6.07) is 5.62. The summed E-state index contributed by atoms with van der Waals surface area (Å²) in [7, 11) is 0. The van der Waals surface area contributed by atoms with E-state index in [1.54, 1.807) is 11.3 Å². The van der Waals surface area contributed by atoms with Gasteiger partial charge in [0.1, 0.15) is 0 Å². The van der Waals surface area contributed by atoms with Crippen molar-refractivity contribution < 1.29 is 4.79 Å². The largest absolute Gasteiger partial charge is 0.346 e. The minimum absolute atomic E-state index is 0.684. The number of halogens is 1. The van der Waals surface area contributed by atoms with Crippen LogP contribution in [0.1, 0.15) is 20.9 Å². The fourth-order valence-corrected chi connectivity index (χ4v) is 3.30. The van der Waals surface area contributed by atoms with E-state index < -0.39 is 0 Å². The van der Waals surface area contributed by atoms with Crippen molar-refractivity contribution in [1.82, 2.24) is 9.55 Å². The van der Waals surface area contributed by atoms with Crippen LogP contribution in [0.4, 0.5) is 0 Å². The normalized spacial score (nSPS) is 11.1. The molecule has 0 aliphatic heterocycles. The van der Waals surface area contributed by atoms with Crippen LogP contribution >= 0.6 is 22.9 Å². The molecular weight excluding hydrogens is 292 g/mol. The Labute approximate surface area is 125 Å². The van der Waals surface area contributed by atoms with Gasteiger partial charge in [-0.25, -0.2) is 4.98 Å². The molecule has 5 heteroatoms. The molecule has 0 unspecified atom stereocenters. The Morgan fingerprint density at radius 1 is 1.45 bits per heavy atom. The summed E-state index contributed by atoms with van der Waals surface area (Å²) in [5, 5.41) is 1.63. The number of thiazole rings is 1. The number of nitrogens with zero attached hydrogens (tertiary/aromatic N) is 2. The van der Waals surface area contributed by atoms with Crippen molar-refractivity contribution >= 4 is 40.1 Å². The molecule has 0 atom stereocenters. The Kier molecular flexibility index (Phi) is 3.59. The molecule has 0 aliphatic carbocycles. The molecule has 0 spiro atoms. The number of carbonyl (C=O) groups is 1. The number of benzene rings is 1. The van der Waals surface area contributed by atoms with E-state index in [-0.39, 0.29) is 0 Å². The van der Waals surface area contributed by atoms with Crippen molar-refractivity contribution in [3.63, 3.8) is 0 Å². The second-order valence-corrected chi connectivity index (χ2v) is 6.04.